The van der Waals surface area contributed by atoms with Gasteiger partial charge < -0.3 is 10.6 Å². The van der Waals surface area contributed by atoms with Crippen LogP contribution in [0.2, 0.25) is 10.0 Å². The van der Waals surface area contributed by atoms with Gasteiger partial charge in [-0.05, 0) is 42.7 Å². The second-order valence-corrected chi connectivity index (χ2v) is 6.62. The third kappa shape index (κ3) is 6.00. The molecule has 1 aromatic heterocycles. The molecule has 2 aromatic rings. The number of pyridine rings is 1. The van der Waals surface area contributed by atoms with Crippen molar-refractivity contribution in [1.29, 1.82) is 0 Å². The Balaban J connectivity index is 1.90. The van der Waals surface area contributed by atoms with Crippen LogP contribution in [0.3, 0.4) is 0 Å². The molecule has 0 aliphatic carbocycles. The highest BCUT2D eigenvalue weighted by molar-refractivity contribution is 6.35. The number of amides is 2. The van der Waals surface area contributed by atoms with E-state index < -0.39 is 0 Å². The van der Waals surface area contributed by atoms with Crippen LogP contribution in [0.1, 0.15) is 46.2 Å². The predicted molar refractivity (Wildman–Crippen MR) is 104 cm³/mol. The molecule has 2 amide bonds. The van der Waals surface area contributed by atoms with Gasteiger partial charge in [0.25, 0.3) is 11.8 Å². The minimum absolute atomic E-state index is 0.231. The lowest BCUT2D eigenvalue weighted by molar-refractivity contribution is 0.0948. The molecule has 0 atom stereocenters. The quantitative estimate of drug-likeness (QED) is 0.668. The Morgan fingerprint density at radius 3 is 2.54 bits per heavy atom. The molecule has 0 radical (unpaired) electrons. The molecule has 1 heterocycles. The lowest BCUT2D eigenvalue weighted by atomic mass is 10.1. The van der Waals surface area contributed by atoms with Crippen LogP contribution in [0.15, 0.2) is 36.5 Å². The first-order valence-electron chi connectivity index (χ1n) is 8.47. The standard InChI is InChI=1S/C19H21Cl2N3O2/c1-2-3-8-23-19(26)17-11-14(7-9-22-17)18(25)24-10-6-13-4-5-15(20)12-16(13)21/h4-5,7,9,11-12H,2-3,6,8,10H2,1H3,(H,23,26)(H,24,25). The molecule has 5 nitrogen and oxygen atoms in total. The first kappa shape index (κ1) is 20.2. The summed E-state index contributed by atoms with van der Waals surface area (Å²) >= 11 is 12.0. The SMILES string of the molecule is CCCCNC(=O)c1cc(C(=O)NCCc2ccc(Cl)cc2Cl)ccn1. The minimum Gasteiger partial charge on any atom is -0.352 e. The topological polar surface area (TPSA) is 71.1 Å². The second kappa shape index (κ2) is 10.1. The average molecular weight is 394 g/mol. The molecule has 0 bridgehead atoms. The number of carbonyl (C=O) groups is 2. The highest BCUT2D eigenvalue weighted by Gasteiger charge is 2.11. The molecular weight excluding hydrogens is 373 g/mol. The normalized spacial score (nSPS) is 10.4. The molecule has 0 spiro atoms. The van der Waals surface area contributed by atoms with Gasteiger partial charge in [0.1, 0.15) is 5.69 Å². The van der Waals surface area contributed by atoms with Crippen molar-refractivity contribution in [3.05, 3.63) is 63.4 Å². The van der Waals surface area contributed by atoms with E-state index in [4.69, 9.17) is 23.2 Å². The summed E-state index contributed by atoms with van der Waals surface area (Å²) in [6, 6.07) is 8.34. The molecule has 2 rings (SSSR count). The first-order chi connectivity index (χ1) is 12.5. The molecule has 0 aliphatic rings. The molecule has 26 heavy (non-hydrogen) atoms. The molecule has 0 fully saturated rings. The number of aromatic nitrogens is 1. The summed E-state index contributed by atoms with van der Waals surface area (Å²) in [6.45, 7) is 3.06. The number of carbonyl (C=O) groups excluding carboxylic acids is 2. The molecule has 7 heteroatoms. The Labute approximate surface area is 163 Å². The molecule has 0 unspecified atom stereocenters. The summed E-state index contributed by atoms with van der Waals surface area (Å²) in [4.78, 5) is 28.3. The number of nitrogens with one attached hydrogen (secondary N) is 2. The van der Waals surface area contributed by atoms with Crippen molar-refractivity contribution in [1.82, 2.24) is 15.6 Å². The smallest absolute Gasteiger partial charge is 0.269 e. The largest absolute Gasteiger partial charge is 0.352 e. The molecular formula is C19H21Cl2N3O2. The zero-order chi connectivity index (χ0) is 18.9. The maximum absolute atomic E-state index is 12.3. The van der Waals surface area contributed by atoms with Crippen molar-refractivity contribution >= 4 is 35.0 Å². The van der Waals surface area contributed by atoms with Crippen molar-refractivity contribution in [2.24, 2.45) is 0 Å². The number of hydrogen-bond acceptors (Lipinski definition) is 3. The Morgan fingerprint density at radius 1 is 1.04 bits per heavy atom. The van der Waals surface area contributed by atoms with Gasteiger partial charge in [-0.15, -0.1) is 0 Å². The van der Waals surface area contributed by atoms with Gasteiger partial charge in [0, 0.05) is 34.9 Å². The highest BCUT2D eigenvalue weighted by Crippen LogP contribution is 2.21. The van der Waals surface area contributed by atoms with Crippen LogP contribution in [-0.2, 0) is 6.42 Å². The minimum atomic E-state index is -0.277. The summed E-state index contributed by atoms with van der Waals surface area (Å²) in [7, 11) is 0. The number of hydrogen-bond donors (Lipinski definition) is 2. The molecule has 138 valence electrons. The molecule has 0 saturated carbocycles. The highest BCUT2D eigenvalue weighted by atomic mass is 35.5. The van der Waals surface area contributed by atoms with E-state index in [1.807, 2.05) is 13.0 Å². The van der Waals surface area contributed by atoms with Gasteiger partial charge in [0.15, 0.2) is 0 Å². The average Bonchev–Trinajstić information content (AvgIpc) is 2.63. The lowest BCUT2D eigenvalue weighted by Crippen LogP contribution is -2.28. The zero-order valence-electron chi connectivity index (χ0n) is 14.5. The van der Waals surface area contributed by atoms with Gasteiger partial charge in [0.05, 0.1) is 0 Å². The van der Waals surface area contributed by atoms with E-state index in [1.165, 1.54) is 12.3 Å². The zero-order valence-corrected chi connectivity index (χ0v) is 16.0. The van der Waals surface area contributed by atoms with Crippen molar-refractivity contribution in [2.45, 2.75) is 26.2 Å². The van der Waals surface area contributed by atoms with E-state index >= 15 is 0 Å². The van der Waals surface area contributed by atoms with E-state index in [0.29, 0.717) is 35.1 Å². The number of halogens is 2. The molecule has 1 aromatic carbocycles. The number of rotatable bonds is 8. The van der Waals surface area contributed by atoms with Crippen LogP contribution >= 0.6 is 23.2 Å². The van der Waals surface area contributed by atoms with E-state index in [2.05, 4.69) is 15.6 Å². The van der Waals surface area contributed by atoms with Crippen molar-refractivity contribution in [3.8, 4) is 0 Å². The monoisotopic (exact) mass is 393 g/mol. The van der Waals surface area contributed by atoms with Gasteiger partial charge in [-0.3, -0.25) is 14.6 Å². The fraction of sp³-hybridized carbons (Fsp3) is 0.316. The van der Waals surface area contributed by atoms with Crippen LogP contribution in [-0.4, -0.2) is 29.9 Å². The summed E-state index contributed by atoms with van der Waals surface area (Å²) in [6.07, 6.45) is 3.93. The molecule has 0 aliphatic heterocycles. The lowest BCUT2D eigenvalue weighted by Gasteiger charge is -2.08. The second-order valence-electron chi connectivity index (χ2n) is 5.78. The third-order valence-corrected chi connectivity index (χ3v) is 4.35. The predicted octanol–water partition coefficient (Wildman–Crippen LogP) is 3.89. The van der Waals surface area contributed by atoms with Gasteiger partial charge >= 0.3 is 0 Å². The van der Waals surface area contributed by atoms with Crippen LogP contribution in [0.25, 0.3) is 0 Å². The van der Waals surface area contributed by atoms with E-state index in [0.717, 1.165) is 18.4 Å². The Bertz CT molecular complexity index is 781. The third-order valence-electron chi connectivity index (χ3n) is 3.77. The maximum atomic E-state index is 12.3. The van der Waals surface area contributed by atoms with Crippen molar-refractivity contribution in [3.63, 3.8) is 0 Å². The van der Waals surface area contributed by atoms with Crippen LogP contribution in [0.5, 0.6) is 0 Å². The summed E-state index contributed by atoms with van der Waals surface area (Å²) < 4.78 is 0. The summed E-state index contributed by atoms with van der Waals surface area (Å²) in [5, 5.41) is 6.74. The summed E-state index contributed by atoms with van der Waals surface area (Å²) in [5.41, 5.74) is 1.53. The molecule has 2 N–H and O–H groups in total. The number of unbranched alkanes of at least 4 members (excludes halogenated alkanes) is 1. The van der Waals surface area contributed by atoms with Crippen molar-refractivity contribution in [2.75, 3.05) is 13.1 Å². The van der Waals surface area contributed by atoms with E-state index in [-0.39, 0.29) is 17.5 Å². The van der Waals surface area contributed by atoms with Gasteiger partial charge in [0.2, 0.25) is 0 Å². The van der Waals surface area contributed by atoms with Crippen LogP contribution in [0.4, 0.5) is 0 Å². The van der Waals surface area contributed by atoms with Crippen LogP contribution < -0.4 is 10.6 Å². The van der Waals surface area contributed by atoms with Crippen molar-refractivity contribution < 1.29 is 9.59 Å². The number of benzene rings is 1. The number of nitrogens with zero attached hydrogens (tertiary/aromatic N) is 1. The fourth-order valence-corrected chi connectivity index (χ4v) is 2.81. The van der Waals surface area contributed by atoms with Gasteiger partial charge in [-0.1, -0.05) is 42.6 Å². The first-order valence-corrected chi connectivity index (χ1v) is 9.23. The Kier molecular flexibility index (Phi) is 7.88. The van der Waals surface area contributed by atoms with E-state index in [1.54, 1.807) is 18.2 Å². The molecule has 0 saturated heterocycles. The summed E-state index contributed by atoms with van der Waals surface area (Å²) in [5.74, 6) is -0.541. The Morgan fingerprint density at radius 2 is 1.81 bits per heavy atom. The maximum Gasteiger partial charge on any atom is 0.269 e. The fourth-order valence-electron chi connectivity index (χ4n) is 2.30. The van der Waals surface area contributed by atoms with Gasteiger partial charge in [-0.2, -0.15) is 0 Å². The van der Waals surface area contributed by atoms with Gasteiger partial charge in [-0.25, -0.2) is 0 Å². The van der Waals surface area contributed by atoms with E-state index in [9.17, 15) is 9.59 Å². The van der Waals surface area contributed by atoms with Crippen LogP contribution in [0, 0.1) is 0 Å². The Hall–Kier alpha value is -2.11.